The molecular weight excluding hydrogens is 192 g/mol. The number of nitrogens with zero attached hydrogens (tertiary/aromatic N) is 1. The SMILES string of the molecule is COCC(C)CC(=O)N1CCCNCC1. The molecule has 1 aliphatic heterocycles. The van der Waals surface area contributed by atoms with Crippen LogP contribution >= 0.6 is 0 Å². The molecule has 0 aromatic rings. The van der Waals surface area contributed by atoms with Gasteiger partial charge in [0.25, 0.3) is 0 Å². The van der Waals surface area contributed by atoms with Gasteiger partial charge in [0.15, 0.2) is 0 Å². The zero-order valence-electron chi connectivity index (χ0n) is 9.79. The van der Waals surface area contributed by atoms with Gasteiger partial charge in [-0.3, -0.25) is 4.79 Å². The molecule has 1 unspecified atom stereocenters. The highest BCUT2D eigenvalue weighted by molar-refractivity contribution is 5.76. The number of nitrogens with one attached hydrogen (secondary N) is 1. The highest BCUT2D eigenvalue weighted by Crippen LogP contribution is 2.07. The lowest BCUT2D eigenvalue weighted by molar-refractivity contribution is -0.132. The summed E-state index contributed by atoms with van der Waals surface area (Å²) in [5.41, 5.74) is 0. The Balaban J connectivity index is 2.30. The summed E-state index contributed by atoms with van der Waals surface area (Å²) in [6.07, 6.45) is 1.66. The number of carbonyl (C=O) groups is 1. The first-order valence-electron chi connectivity index (χ1n) is 5.71. The number of ether oxygens (including phenoxy) is 1. The molecule has 0 spiro atoms. The van der Waals surface area contributed by atoms with Crippen LogP contribution in [0.3, 0.4) is 0 Å². The van der Waals surface area contributed by atoms with Crippen LogP contribution < -0.4 is 5.32 Å². The van der Waals surface area contributed by atoms with Crippen molar-refractivity contribution < 1.29 is 9.53 Å². The lowest BCUT2D eigenvalue weighted by atomic mass is 10.1. The Hall–Kier alpha value is -0.610. The lowest BCUT2D eigenvalue weighted by Crippen LogP contribution is -2.35. The van der Waals surface area contributed by atoms with Crippen molar-refractivity contribution in [1.29, 1.82) is 0 Å². The van der Waals surface area contributed by atoms with E-state index in [0.717, 1.165) is 32.6 Å². The number of methoxy groups -OCH3 is 1. The minimum atomic E-state index is 0.267. The number of hydrogen-bond donors (Lipinski definition) is 1. The van der Waals surface area contributed by atoms with Gasteiger partial charge < -0.3 is 15.0 Å². The summed E-state index contributed by atoms with van der Waals surface area (Å²) >= 11 is 0. The van der Waals surface area contributed by atoms with Gasteiger partial charge in [-0.15, -0.1) is 0 Å². The molecule has 4 nitrogen and oxygen atoms in total. The molecular formula is C11H22N2O2. The van der Waals surface area contributed by atoms with Gasteiger partial charge in [0, 0.05) is 39.8 Å². The third-order valence-corrected chi connectivity index (χ3v) is 2.67. The molecule has 4 heteroatoms. The van der Waals surface area contributed by atoms with Crippen molar-refractivity contribution >= 4 is 5.91 Å². The van der Waals surface area contributed by atoms with Crippen molar-refractivity contribution in [3.05, 3.63) is 0 Å². The van der Waals surface area contributed by atoms with Crippen LogP contribution in [0.5, 0.6) is 0 Å². The third-order valence-electron chi connectivity index (χ3n) is 2.67. The summed E-state index contributed by atoms with van der Waals surface area (Å²) in [7, 11) is 1.68. The summed E-state index contributed by atoms with van der Waals surface area (Å²) in [5.74, 6) is 0.585. The van der Waals surface area contributed by atoms with Crippen molar-refractivity contribution in [2.24, 2.45) is 5.92 Å². The van der Waals surface area contributed by atoms with Gasteiger partial charge in [-0.1, -0.05) is 6.92 Å². The summed E-state index contributed by atoms with van der Waals surface area (Å²) in [6, 6.07) is 0. The molecule has 0 aromatic heterocycles. The van der Waals surface area contributed by atoms with Crippen LogP contribution in [0.2, 0.25) is 0 Å². The maximum atomic E-state index is 11.9. The fourth-order valence-corrected chi connectivity index (χ4v) is 1.87. The fraction of sp³-hybridized carbons (Fsp3) is 0.909. The van der Waals surface area contributed by atoms with Crippen LogP contribution in [-0.2, 0) is 9.53 Å². The predicted molar refractivity (Wildman–Crippen MR) is 59.7 cm³/mol. The summed E-state index contributed by atoms with van der Waals surface area (Å²) in [4.78, 5) is 13.8. The average Bonchev–Trinajstić information content (AvgIpc) is 2.45. The van der Waals surface area contributed by atoms with Gasteiger partial charge in [0.1, 0.15) is 0 Å². The fourth-order valence-electron chi connectivity index (χ4n) is 1.87. The number of rotatable bonds is 4. The molecule has 1 heterocycles. The van der Waals surface area contributed by atoms with E-state index in [9.17, 15) is 4.79 Å². The Bertz CT molecular complexity index is 189. The highest BCUT2D eigenvalue weighted by atomic mass is 16.5. The molecule has 15 heavy (non-hydrogen) atoms. The molecule has 0 radical (unpaired) electrons. The first kappa shape index (κ1) is 12.5. The van der Waals surface area contributed by atoms with Crippen LogP contribution in [0, 0.1) is 5.92 Å². The zero-order chi connectivity index (χ0) is 11.1. The van der Waals surface area contributed by atoms with Gasteiger partial charge in [-0.05, 0) is 18.9 Å². The molecule has 88 valence electrons. The van der Waals surface area contributed by atoms with Crippen LogP contribution in [0.1, 0.15) is 19.8 Å². The maximum Gasteiger partial charge on any atom is 0.222 e. The molecule has 0 aliphatic carbocycles. The van der Waals surface area contributed by atoms with Gasteiger partial charge >= 0.3 is 0 Å². The van der Waals surface area contributed by atoms with Crippen molar-refractivity contribution in [3.63, 3.8) is 0 Å². The highest BCUT2D eigenvalue weighted by Gasteiger charge is 2.17. The van der Waals surface area contributed by atoms with Gasteiger partial charge in [-0.25, -0.2) is 0 Å². The molecule has 1 amide bonds. The van der Waals surface area contributed by atoms with Crippen molar-refractivity contribution in [3.8, 4) is 0 Å². The number of amides is 1. The predicted octanol–water partition coefficient (Wildman–Crippen LogP) is 0.481. The Kier molecular flexibility index (Phi) is 5.65. The number of hydrogen-bond acceptors (Lipinski definition) is 3. The molecule has 0 aromatic carbocycles. The molecule has 0 bridgehead atoms. The van der Waals surface area contributed by atoms with E-state index in [1.807, 2.05) is 4.90 Å². The first-order valence-corrected chi connectivity index (χ1v) is 5.71. The summed E-state index contributed by atoms with van der Waals surface area (Å²) in [6.45, 7) is 6.40. The van der Waals surface area contributed by atoms with E-state index in [1.165, 1.54) is 0 Å². The molecule has 1 saturated heterocycles. The van der Waals surface area contributed by atoms with Crippen LogP contribution in [0.4, 0.5) is 0 Å². The van der Waals surface area contributed by atoms with Crippen LogP contribution in [0.15, 0.2) is 0 Å². The van der Waals surface area contributed by atoms with Crippen molar-refractivity contribution in [2.45, 2.75) is 19.8 Å². The van der Waals surface area contributed by atoms with E-state index < -0.39 is 0 Å². The summed E-state index contributed by atoms with van der Waals surface area (Å²) < 4.78 is 5.03. The molecule has 1 atom stereocenters. The molecule has 1 aliphatic rings. The minimum Gasteiger partial charge on any atom is -0.384 e. The Morgan fingerprint density at radius 3 is 3.00 bits per heavy atom. The van der Waals surface area contributed by atoms with Crippen molar-refractivity contribution in [1.82, 2.24) is 10.2 Å². The Morgan fingerprint density at radius 2 is 2.27 bits per heavy atom. The van der Waals surface area contributed by atoms with Crippen molar-refractivity contribution in [2.75, 3.05) is 39.9 Å². The van der Waals surface area contributed by atoms with E-state index >= 15 is 0 Å². The third kappa shape index (κ3) is 4.62. The zero-order valence-corrected chi connectivity index (χ0v) is 9.79. The quantitative estimate of drug-likeness (QED) is 0.740. The largest absolute Gasteiger partial charge is 0.384 e. The van der Waals surface area contributed by atoms with Gasteiger partial charge in [0.2, 0.25) is 5.91 Å². The minimum absolute atomic E-state index is 0.267. The second-order valence-electron chi connectivity index (χ2n) is 4.25. The Labute approximate surface area is 92.0 Å². The standard InChI is InChI=1S/C11H22N2O2/c1-10(9-15-2)8-11(14)13-6-3-4-12-5-7-13/h10,12H,3-9H2,1-2H3. The van der Waals surface area contributed by atoms with E-state index in [0.29, 0.717) is 18.9 Å². The maximum absolute atomic E-state index is 11.9. The van der Waals surface area contributed by atoms with E-state index in [2.05, 4.69) is 12.2 Å². The number of carbonyl (C=O) groups excluding carboxylic acids is 1. The molecule has 1 fully saturated rings. The van der Waals surface area contributed by atoms with E-state index in [-0.39, 0.29) is 5.91 Å². The molecule has 1 rings (SSSR count). The second-order valence-corrected chi connectivity index (χ2v) is 4.25. The monoisotopic (exact) mass is 214 g/mol. The molecule has 1 N–H and O–H groups in total. The smallest absolute Gasteiger partial charge is 0.222 e. The van der Waals surface area contributed by atoms with Gasteiger partial charge in [-0.2, -0.15) is 0 Å². The van der Waals surface area contributed by atoms with E-state index in [4.69, 9.17) is 4.74 Å². The average molecular weight is 214 g/mol. The topological polar surface area (TPSA) is 41.6 Å². The van der Waals surface area contributed by atoms with Gasteiger partial charge in [0.05, 0.1) is 0 Å². The normalized spacial score (nSPS) is 19.7. The van der Waals surface area contributed by atoms with E-state index in [1.54, 1.807) is 7.11 Å². The molecule has 0 saturated carbocycles. The first-order chi connectivity index (χ1) is 7.24. The summed E-state index contributed by atoms with van der Waals surface area (Å²) in [5, 5.41) is 3.29. The van der Waals surface area contributed by atoms with Crippen LogP contribution in [0.25, 0.3) is 0 Å². The second kappa shape index (κ2) is 6.80. The van der Waals surface area contributed by atoms with Crippen LogP contribution in [-0.4, -0.2) is 50.7 Å². The lowest BCUT2D eigenvalue weighted by Gasteiger charge is -2.21. The Morgan fingerprint density at radius 1 is 1.47 bits per heavy atom.